The van der Waals surface area contributed by atoms with Gasteiger partial charge in [-0.05, 0) is 35.5 Å². The van der Waals surface area contributed by atoms with Crippen molar-refractivity contribution in [1.82, 2.24) is 0 Å². The van der Waals surface area contributed by atoms with Gasteiger partial charge in [-0.25, -0.2) is 0 Å². The van der Waals surface area contributed by atoms with E-state index in [1.807, 2.05) is 0 Å². The van der Waals surface area contributed by atoms with Crippen molar-refractivity contribution >= 4 is 0 Å². The summed E-state index contributed by atoms with van der Waals surface area (Å²) in [6, 6.07) is 0. The van der Waals surface area contributed by atoms with E-state index in [1.165, 1.54) is 25.7 Å². The summed E-state index contributed by atoms with van der Waals surface area (Å²) >= 11 is 0. The Morgan fingerprint density at radius 3 is 2.00 bits per heavy atom. The van der Waals surface area contributed by atoms with E-state index in [4.69, 9.17) is 0 Å². The minimum absolute atomic E-state index is 0.611. The monoisotopic (exact) mass is 152 g/mol. The molecule has 0 bridgehead atoms. The lowest BCUT2D eigenvalue weighted by atomic mass is 9.65. The van der Waals surface area contributed by atoms with E-state index in [1.54, 1.807) is 0 Å². The van der Waals surface area contributed by atoms with Gasteiger partial charge in [-0.2, -0.15) is 0 Å². The molecular weight excluding hydrogens is 132 g/mol. The largest absolute Gasteiger partial charge is 0.0594 e. The van der Waals surface area contributed by atoms with Crippen LogP contribution < -0.4 is 0 Å². The molecule has 0 N–H and O–H groups in total. The first-order valence-corrected chi connectivity index (χ1v) is 4.91. The maximum atomic E-state index is 2.49. The predicted molar refractivity (Wildman–Crippen MR) is 48.5 cm³/mol. The van der Waals surface area contributed by atoms with Gasteiger partial charge in [0, 0.05) is 0 Å². The Balaban J connectivity index is 2.29. The average Bonchev–Trinajstić information content (AvgIpc) is 2.36. The molecule has 2 unspecified atom stereocenters. The molecule has 2 rings (SSSR count). The van der Waals surface area contributed by atoms with Crippen molar-refractivity contribution in [2.75, 3.05) is 0 Å². The fraction of sp³-hybridized carbons (Fsp3) is 1.00. The molecule has 0 aromatic heterocycles. The number of rotatable bonds is 0. The summed E-state index contributed by atoms with van der Waals surface area (Å²) < 4.78 is 0. The molecule has 2 atom stereocenters. The summed E-state index contributed by atoms with van der Waals surface area (Å²) in [4.78, 5) is 0. The first-order chi connectivity index (χ1) is 4.91. The zero-order valence-corrected chi connectivity index (χ0v) is 8.33. The van der Waals surface area contributed by atoms with E-state index in [2.05, 4.69) is 27.7 Å². The highest BCUT2D eigenvalue weighted by Gasteiger charge is 2.68. The molecule has 11 heavy (non-hydrogen) atoms. The molecule has 2 aliphatic carbocycles. The van der Waals surface area contributed by atoms with E-state index < -0.39 is 0 Å². The lowest BCUT2D eigenvalue weighted by Crippen LogP contribution is -2.31. The van der Waals surface area contributed by atoms with Crippen molar-refractivity contribution in [3.63, 3.8) is 0 Å². The maximum absolute atomic E-state index is 2.49. The fourth-order valence-corrected chi connectivity index (χ4v) is 3.35. The van der Waals surface area contributed by atoms with Gasteiger partial charge in [-0.3, -0.25) is 0 Å². The minimum atomic E-state index is 0.611. The molecule has 2 fully saturated rings. The summed E-state index contributed by atoms with van der Waals surface area (Å²) in [6.07, 6.45) is 5.86. The van der Waals surface area contributed by atoms with E-state index in [9.17, 15) is 0 Å². The molecule has 0 nitrogen and oxygen atoms in total. The van der Waals surface area contributed by atoms with E-state index in [0.29, 0.717) is 10.8 Å². The maximum Gasteiger partial charge on any atom is -0.0215 e. The Morgan fingerprint density at radius 2 is 1.55 bits per heavy atom. The SMILES string of the molecule is CC1(C)CCCC2(C)CC12C. The first-order valence-electron chi connectivity index (χ1n) is 4.91. The van der Waals surface area contributed by atoms with Crippen LogP contribution in [0.5, 0.6) is 0 Å². The van der Waals surface area contributed by atoms with Crippen molar-refractivity contribution in [3.8, 4) is 0 Å². The highest BCUT2D eigenvalue weighted by molar-refractivity contribution is 5.17. The molecule has 0 aromatic rings. The second-order valence-electron chi connectivity index (χ2n) is 5.81. The Kier molecular flexibility index (Phi) is 1.16. The Labute approximate surface area is 70.4 Å². The number of fused-ring (bicyclic) bond motifs is 1. The fourth-order valence-electron chi connectivity index (χ4n) is 3.35. The van der Waals surface area contributed by atoms with Gasteiger partial charge in [0.15, 0.2) is 0 Å². The van der Waals surface area contributed by atoms with Gasteiger partial charge in [0.1, 0.15) is 0 Å². The van der Waals surface area contributed by atoms with Crippen LogP contribution in [0.15, 0.2) is 0 Å². The molecular formula is C11H20. The average molecular weight is 152 g/mol. The van der Waals surface area contributed by atoms with Gasteiger partial charge in [0.05, 0.1) is 0 Å². The van der Waals surface area contributed by atoms with Crippen molar-refractivity contribution in [2.45, 2.75) is 53.4 Å². The van der Waals surface area contributed by atoms with Crippen molar-refractivity contribution in [1.29, 1.82) is 0 Å². The molecule has 0 heterocycles. The standard InChI is InChI=1S/C11H20/c1-9(2)6-5-7-10(3)8-11(9,10)4/h5-8H2,1-4H3. The minimum Gasteiger partial charge on any atom is -0.0594 e. The van der Waals surface area contributed by atoms with E-state index in [-0.39, 0.29) is 0 Å². The molecule has 64 valence electrons. The van der Waals surface area contributed by atoms with E-state index in [0.717, 1.165) is 5.41 Å². The molecule has 0 aromatic carbocycles. The van der Waals surface area contributed by atoms with Crippen LogP contribution in [0.4, 0.5) is 0 Å². The summed E-state index contributed by atoms with van der Waals surface area (Å²) in [5, 5.41) is 0. The lowest BCUT2D eigenvalue weighted by Gasteiger charge is -2.40. The smallest absolute Gasteiger partial charge is 0.0215 e. The van der Waals surface area contributed by atoms with Gasteiger partial charge >= 0.3 is 0 Å². The van der Waals surface area contributed by atoms with Gasteiger partial charge in [-0.1, -0.05) is 34.1 Å². The third-order valence-electron chi connectivity index (χ3n) is 4.97. The summed E-state index contributed by atoms with van der Waals surface area (Å²) in [7, 11) is 0. The molecule has 0 saturated heterocycles. The topological polar surface area (TPSA) is 0 Å². The zero-order valence-electron chi connectivity index (χ0n) is 8.33. The number of hydrogen-bond acceptors (Lipinski definition) is 0. The summed E-state index contributed by atoms with van der Waals surface area (Å²) in [6.45, 7) is 9.88. The first kappa shape index (κ1) is 7.64. The predicted octanol–water partition coefficient (Wildman–Crippen LogP) is 3.61. The molecule has 2 aliphatic rings. The van der Waals surface area contributed by atoms with Gasteiger partial charge < -0.3 is 0 Å². The Hall–Kier alpha value is 0. The lowest BCUT2D eigenvalue weighted by molar-refractivity contribution is 0.0943. The van der Waals surface area contributed by atoms with Crippen LogP contribution >= 0.6 is 0 Å². The third kappa shape index (κ3) is 0.711. The second kappa shape index (κ2) is 1.67. The van der Waals surface area contributed by atoms with Crippen LogP contribution in [-0.2, 0) is 0 Å². The Morgan fingerprint density at radius 1 is 0.909 bits per heavy atom. The van der Waals surface area contributed by atoms with Crippen molar-refractivity contribution in [3.05, 3.63) is 0 Å². The molecule has 0 aliphatic heterocycles. The van der Waals surface area contributed by atoms with Gasteiger partial charge in [0.25, 0.3) is 0 Å². The molecule has 0 spiro atoms. The van der Waals surface area contributed by atoms with E-state index >= 15 is 0 Å². The number of hydrogen-bond donors (Lipinski definition) is 0. The van der Waals surface area contributed by atoms with Crippen LogP contribution in [-0.4, -0.2) is 0 Å². The van der Waals surface area contributed by atoms with Crippen molar-refractivity contribution < 1.29 is 0 Å². The zero-order chi connectivity index (χ0) is 8.33. The molecule has 2 saturated carbocycles. The second-order valence-corrected chi connectivity index (χ2v) is 5.81. The van der Waals surface area contributed by atoms with Gasteiger partial charge in [0.2, 0.25) is 0 Å². The third-order valence-corrected chi connectivity index (χ3v) is 4.97. The highest BCUT2D eigenvalue weighted by Crippen LogP contribution is 2.77. The normalized spacial score (nSPS) is 53.5. The summed E-state index contributed by atoms with van der Waals surface area (Å²) in [5.74, 6) is 0. The van der Waals surface area contributed by atoms with Crippen LogP contribution in [0, 0.1) is 16.2 Å². The molecule has 0 radical (unpaired) electrons. The quantitative estimate of drug-likeness (QED) is 0.497. The highest BCUT2D eigenvalue weighted by atomic mass is 14.7. The summed E-state index contributed by atoms with van der Waals surface area (Å²) in [5.41, 5.74) is 2.01. The Bertz CT molecular complexity index is 192. The van der Waals surface area contributed by atoms with Crippen LogP contribution in [0.3, 0.4) is 0 Å². The van der Waals surface area contributed by atoms with Crippen LogP contribution in [0.1, 0.15) is 53.4 Å². The molecule has 0 heteroatoms. The van der Waals surface area contributed by atoms with Crippen molar-refractivity contribution in [2.24, 2.45) is 16.2 Å². The molecule has 0 amide bonds. The van der Waals surface area contributed by atoms with Crippen LogP contribution in [0.2, 0.25) is 0 Å². The van der Waals surface area contributed by atoms with Crippen LogP contribution in [0.25, 0.3) is 0 Å². The van der Waals surface area contributed by atoms with Gasteiger partial charge in [-0.15, -0.1) is 0 Å².